The van der Waals surface area contributed by atoms with Crippen LogP contribution in [0.25, 0.3) is 0 Å². The molecule has 0 bridgehead atoms. The van der Waals surface area contributed by atoms with Crippen LogP contribution in [0.3, 0.4) is 0 Å². The van der Waals surface area contributed by atoms with E-state index in [9.17, 15) is 19.5 Å². The molecule has 1 unspecified atom stereocenters. The van der Waals surface area contributed by atoms with E-state index in [4.69, 9.17) is 9.47 Å². The van der Waals surface area contributed by atoms with E-state index in [1.165, 1.54) is 4.90 Å². The maximum Gasteiger partial charge on any atom is 0.410 e. The van der Waals surface area contributed by atoms with Gasteiger partial charge in [-0.3, -0.25) is 4.79 Å². The van der Waals surface area contributed by atoms with Crippen LogP contribution in [0.4, 0.5) is 9.59 Å². The lowest BCUT2D eigenvalue weighted by Gasteiger charge is -2.45. The van der Waals surface area contributed by atoms with Crippen molar-refractivity contribution >= 4 is 18.0 Å². The Labute approximate surface area is 167 Å². The first-order valence-electron chi connectivity index (χ1n) is 9.91. The van der Waals surface area contributed by atoms with E-state index in [1.54, 1.807) is 46.4 Å². The van der Waals surface area contributed by atoms with Crippen LogP contribution in [0.5, 0.6) is 0 Å². The van der Waals surface area contributed by atoms with Crippen LogP contribution in [-0.2, 0) is 14.3 Å². The normalized spacial score (nSPS) is 23.4. The number of carbonyl (C=O) groups excluding carboxylic acids is 3. The van der Waals surface area contributed by atoms with Crippen molar-refractivity contribution in [1.29, 1.82) is 0 Å². The van der Waals surface area contributed by atoms with Gasteiger partial charge in [0.2, 0.25) is 0 Å². The summed E-state index contributed by atoms with van der Waals surface area (Å²) < 4.78 is 10.8. The number of piperidine rings is 2. The molecule has 0 aromatic rings. The van der Waals surface area contributed by atoms with Crippen LogP contribution >= 0.6 is 0 Å². The van der Waals surface area contributed by atoms with Gasteiger partial charge in [-0.2, -0.15) is 0 Å². The molecule has 28 heavy (non-hydrogen) atoms. The fourth-order valence-corrected chi connectivity index (χ4v) is 3.55. The van der Waals surface area contributed by atoms with Crippen LogP contribution in [0, 0.1) is 5.92 Å². The molecule has 2 heterocycles. The number of aliphatic hydroxyl groups is 1. The lowest BCUT2D eigenvalue weighted by molar-refractivity contribution is -0.142. The largest absolute Gasteiger partial charge is 0.444 e. The zero-order valence-electron chi connectivity index (χ0n) is 17.9. The summed E-state index contributed by atoms with van der Waals surface area (Å²) in [4.78, 5) is 40.2. The van der Waals surface area contributed by atoms with Gasteiger partial charge in [0.25, 0.3) is 0 Å². The third-order valence-corrected chi connectivity index (χ3v) is 5.00. The van der Waals surface area contributed by atoms with Gasteiger partial charge in [0, 0.05) is 32.6 Å². The van der Waals surface area contributed by atoms with E-state index in [0.29, 0.717) is 19.6 Å². The number of ketones is 1. The van der Waals surface area contributed by atoms with Crippen molar-refractivity contribution in [3.63, 3.8) is 0 Å². The Hall–Kier alpha value is -1.83. The molecule has 2 fully saturated rings. The number of Topliss-reactive ketones (excluding diaryl/α,β-unsaturated/α-hetero) is 1. The maximum atomic E-state index is 12.5. The molecule has 2 aliphatic heterocycles. The zero-order valence-corrected chi connectivity index (χ0v) is 17.9. The number of rotatable bonds is 1. The van der Waals surface area contributed by atoms with Gasteiger partial charge >= 0.3 is 12.2 Å². The number of nitrogens with zero attached hydrogens (tertiary/aromatic N) is 2. The van der Waals surface area contributed by atoms with Crippen molar-refractivity contribution in [2.75, 3.05) is 26.2 Å². The third kappa shape index (κ3) is 5.83. The highest BCUT2D eigenvalue weighted by Gasteiger charge is 2.47. The standard InChI is InChI=1S/C20H34N2O6/c1-18(2,3)27-16(24)21-11-8-20(26,9-12-21)14-13-22(10-7-15(14)23)17(25)28-19(4,5)6/h14,26H,7-13H2,1-6H3. The summed E-state index contributed by atoms with van der Waals surface area (Å²) >= 11 is 0. The summed E-state index contributed by atoms with van der Waals surface area (Å²) in [6.07, 6.45) is -0.155. The van der Waals surface area contributed by atoms with Gasteiger partial charge in [-0.05, 0) is 54.4 Å². The van der Waals surface area contributed by atoms with Crippen LogP contribution in [-0.4, -0.2) is 75.9 Å². The topological polar surface area (TPSA) is 96.4 Å². The highest BCUT2D eigenvalue weighted by molar-refractivity contribution is 5.85. The van der Waals surface area contributed by atoms with Gasteiger partial charge in [-0.25, -0.2) is 9.59 Å². The first-order valence-corrected chi connectivity index (χ1v) is 9.91. The highest BCUT2D eigenvalue weighted by atomic mass is 16.6. The minimum Gasteiger partial charge on any atom is -0.444 e. The Morgan fingerprint density at radius 1 is 0.929 bits per heavy atom. The molecular weight excluding hydrogens is 364 g/mol. The summed E-state index contributed by atoms with van der Waals surface area (Å²) in [6, 6.07) is 0. The monoisotopic (exact) mass is 398 g/mol. The molecular formula is C20H34N2O6. The van der Waals surface area contributed by atoms with Crippen LogP contribution in [0.2, 0.25) is 0 Å². The van der Waals surface area contributed by atoms with Crippen LogP contribution < -0.4 is 0 Å². The van der Waals surface area contributed by atoms with Crippen molar-refractivity contribution in [2.24, 2.45) is 5.92 Å². The van der Waals surface area contributed by atoms with E-state index in [1.807, 2.05) is 0 Å². The number of ether oxygens (including phenoxy) is 2. The van der Waals surface area contributed by atoms with E-state index in [2.05, 4.69) is 0 Å². The van der Waals surface area contributed by atoms with Crippen molar-refractivity contribution in [2.45, 2.75) is 77.6 Å². The smallest absolute Gasteiger partial charge is 0.410 e. The predicted molar refractivity (Wildman–Crippen MR) is 103 cm³/mol. The Balaban J connectivity index is 2.00. The molecule has 2 aliphatic rings. The van der Waals surface area contributed by atoms with Crippen molar-refractivity contribution < 1.29 is 29.0 Å². The maximum absolute atomic E-state index is 12.5. The van der Waals surface area contributed by atoms with E-state index >= 15 is 0 Å². The molecule has 1 atom stereocenters. The summed E-state index contributed by atoms with van der Waals surface area (Å²) in [6.45, 7) is 11.8. The highest BCUT2D eigenvalue weighted by Crippen LogP contribution is 2.34. The van der Waals surface area contributed by atoms with Crippen molar-refractivity contribution in [1.82, 2.24) is 9.80 Å². The Kier molecular flexibility index (Phi) is 6.33. The van der Waals surface area contributed by atoms with Crippen LogP contribution in [0.15, 0.2) is 0 Å². The van der Waals surface area contributed by atoms with Crippen molar-refractivity contribution in [3.05, 3.63) is 0 Å². The summed E-state index contributed by atoms with van der Waals surface area (Å²) in [5, 5.41) is 11.2. The van der Waals surface area contributed by atoms with Gasteiger partial charge in [0.1, 0.15) is 17.0 Å². The fraction of sp³-hybridized carbons (Fsp3) is 0.850. The molecule has 2 rings (SSSR count). The molecule has 8 heteroatoms. The lowest BCUT2D eigenvalue weighted by Crippen LogP contribution is -2.58. The number of hydrogen-bond acceptors (Lipinski definition) is 6. The zero-order chi connectivity index (χ0) is 21.3. The first kappa shape index (κ1) is 22.5. The van der Waals surface area contributed by atoms with Gasteiger partial charge in [0.05, 0.1) is 11.5 Å². The molecule has 0 aliphatic carbocycles. The predicted octanol–water partition coefficient (Wildman–Crippen LogP) is 2.57. The quantitative estimate of drug-likeness (QED) is 0.729. The van der Waals surface area contributed by atoms with Crippen molar-refractivity contribution in [3.8, 4) is 0 Å². The Morgan fingerprint density at radius 2 is 1.39 bits per heavy atom. The Morgan fingerprint density at radius 3 is 1.86 bits per heavy atom. The molecule has 2 amide bonds. The average Bonchev–Trinajstić information content (AvgIpc) is 2.52. The van der Waals surface area contributed by atoms with E-state index in [0.717, 1.165) is 0 Å². The second kappa shape index (κ2) is 7.89. The molecule has 8 nitrogen and oxygen atoms in total. The molecule has 1 N–H and O–H groups in total. The second-order valence-corrected chi connectivity index (χ2v) is 9.77. The average molecular weight is 399 g/mol. The lowest BCUT2D eigenvalue weighted by atomic mass is 9.75. The van der Waals surface area contributed by atoms with E-state index in [-0.39, 0.29) is 31.6 Å². The molecule has 0 aromatic carbocycles. The minimum absolute atomic E-state index is 0.0481. The van der Waals surface area contributed by atoms with Crippen LogP contribution in [0.1, 0.15) is 60.8 Å². The molecule has 0 spiro atoms. The molecule has 0 radical (unpaired) electrons. The van der Waals surface area contributed by atoms with Gasteiger partial charge < -0.3 is 24.4 Å². The minimum atomic E-state index is -1.24. The molecule has 160 valence electrons. The third-order valence-electron chi connectivity index (χ3n) is 5.00. The second-order valence-electron chi connectivity index (χ2n) is 9.77. The Bertz CT molecular complexity index is 611. The summed E-state index contributed by atoms with van der Waals surface area (Å²) in [5.41, 5.74) is -2.45. The van der Waals surface area contributed by atoms with Gasteiger partial charge in [0.15, 0.2) is 0 Å². The SMILES string of the molecule is CC(C)(C)OC(=O)N1CCC(O)(C2CN(C(=O)OC(C)(C)C)CCC2=O)CC1. The number of carbonyl (C=O) groups is 3. The summed E-state index contributed by atoms with van der Waals surface area (Å²) in [7, 11) is 0. The number of amides is 2. The first-order chi connectivity index (χ1) is 12.7. The van der Waals surface area contributed by atoms with Gasteiger partial charge in [-0.1, -0.05) is 0 Å². The molecule has 2 saturated heterocycles. The molecule has 0 aromatic heterocycles. The number of hydrogen-bond donors (Lipinski definition) is 1. The van der Waals surface area contributed by atoms with E-state index < -0.39 is 34.9 Å². The fourth-order valence-electron chi connectivity index (χ4n) is 3.55. The molecule has 0 saturated carbocycles. The summed E-state index contributed by atoms with van der Waals surface area (Å²) in [5.74, 6) is -0.720. The van der Waals surface area contributed by atoms with Gasteiger partial charge in [-0.15, -0.1) is 0 Å². The number of likely N-dealkylation sites (tertiary alicyclic amines) is 2.